The molecule has 0 rings (SSSR count). The molecule has 0 aliphatic carbocycles. The molecule has 0 spiro atoms. The first-order valence-electron chi connectivity index (χ1n) is 3.99. The Morgan fingerprint density at radius 1 is 1.73 bits per heavy atom. The maximum Gasteiger partial charge on any atom is 0.0835 e. The van der Waals surface area contributed by atoms with Crippen molar-refractivity contribution in [2.24, 2.45) is 0 Å². The predicted molar refractivity (Wildman–Crippen MR) is 48.7 cm³/mol. The van der Waals surface area contributed by atoms with E-state index in [0.717, 1.165) is 6.42 Å². The third-order valence-corrected chi connectivity index (χ3v) is 2.37. The van der Waals surface area contributed by atoms with Crippen LogP contribution in [0.25, 0.3) is 0 Å². The molecule has 0 aliphatic rings. The summed E-state index contributed by atoms with van der Waals surface area (Å²) in [6.07, 6.45) is 2.86. The molecular formula is C9H19NO. The van der Waals surface area contributed by atoms with Crippen molar-refractivity contribution >= 4 is 0 Å². The van der Waals surface area contributed by atoms with Crippen LogP contribution < -0.4 is 5.32 Å². The number of nitrogens with one attached hydrogen (secondary N) is 1. The number of methoxy groups -OCH3 is 1. The van der Waals surface area contributed by atoms with Crippen LogP contribution in [0.3, 0.4) is 0 Å². The lowest BCUT2D eigenvalue weighted by Gasteiger charge is -2.33. The Kier molecular flexibility index (Phi) is 4.38. The molecule has 2 atom stereocenters. The predicted octanol–water partition coefficient (Wildman–Crippen LogP) is 1.58. The van der Waals surface area contributed by atoms with Crippen LogP contribution in [-0.2, 0) is 4.74 Å². The molecule has 1 N–H and O–H groups in total. The lowest BCUT2D eigenvalue weighted by Crippen LogP contribution is -2.47. The van der Waals surface area contributed by atoms with Crippen LogP contribution in [0.5, 0.6) is 0 Å². The first kappa shape index (κ1) is 10.7. The van der Waals surface area contributed by atoms with E-state index in [1.54, 1.807) is 7.11 Å². The Morgan fingerprint density at radius 2 is 2.27 bits per heavy atom. The van der Waals surface area contributed by atoms with Crippen molar-refractivity contribution in [3.05, 3.63) is 12.7 Å². The molecule has 0 radical (unpaired) electrons. The van der Waals surface area contributed by atoms with Gasteiger partial charge in [0.1, 0.15) is 0 Å². The monoisotopic (exact) mass is 157 g/mol. The molecule has 2 heteroatoms. The van der Waals surface area contributed by atoms with Gasteiger partial charge in [-0.25, -0.2) is 0 Å². The second-order valence-electron chi connectivity index (χ2n) is 2.87. The molecule has 0 amide bonds. The van der Waals surface area contributed by atoms with Crippen molar-refractivity contribution in [3.8, 4) is 0 Å². The van der Waals surface area contributed by atoms with Gasteiger partial charge in [0.25, 0.3) is 0 Å². The summed E-state index contributed by atoms with van der Waals surface area (Å²) in [6.45, 7) is 7.94. The number of rotatable bonds is 5. The fourth-order valence-electron chi connectivity index (χ4n) is 1.16. The number of likely N-dealkylation sites (N-methyl/N-ethyl adjacent to an activating group) is 1. The fourth-order valence-corrected chi connectivity index (χ4v) is 1.16. The molecule has 0 saturated heterocycles. The maximum absolute atomic E-state index is 5.40. The zero-order valence-corrected chi connectivity index (χ0v) is 7.98. The molecule has 0 saturated carbocycles. The van der Waals surface area contributed by atoms with E-state index in [0.29, 0.717) is 0 Å². The minimum Gasteiger partial charge on any atom is -0.377 e. The average Bonchev–Trinajstić information content (AvgIpc) is 2.06. The van der Waals surface area contributed by atoms with E-state index in [1.807, 2.05) is 13.1 Å². The first-order valence-corrected chi connectivity index (χ1v) is 3.99. The zero-order valence-electron chi connectivity index (χ0n) is 7.98. The Hall–Kier alpha value is -0.340. The SMILES string of the molecule is C=CC(NC)C(C)(CC)OC. The van der Waals surface area contributed by atoms with Gasteiger partial charge in [-0.1, -0.05) is 13.0 Å². The molecule has 0 aromatic carbocycles. The van der Waals surface area contributed by atoms with E-state index in [2.05, 4.69) is 25.7 Å². The molecule has 66 valence electrons. The van der Waals surface area contributed by atoms with Gasteiger partial charge in [0.15, 0.2) is 0 Å². The molecule has 0 aromatic heterocycles. The number of ether oxygens (including phenoxy) is 1. The summed E-state index contributed by atoms with van der Waals surface area (Å²) in [5, 5.41) is 3.15. The van der Waals surface area contributed by atoms with Crippen molar-refractivity contribution in [2.75, 3.05) is 14.2 Å². The Labute approximate surface area is 69.6 Å². The van der Waals surface area contributed by atoms with Crippen molar-refractivity contribution in [1.29, 1.82) is 0 Å². The molecule has 11 heavy (non-hydrogen) atoms. The number of hydrogen-bond donors (Lipinski definition) is 1. The lowest BCUT2D eigenvalue weighted by molar-refractivity contribution is -0.0144. The van der Waals surface area contributed by atoms with Crippen LogP contribution >= 0.6 is 0 Å². The van der Waals surface area contributed by atoms with Crippen molar-refractivity contribution in [1.82, 2.24) is 5.32 Å². The average molecular weight is 157 g/mol. The highest BCUT2D eigenvalue weighted by Gasteiger charge is 2.28. The van der Waals surface area contributed by atoms with Crippen molar-refractivity contribution in [2.45, 2.75) is 31.9 Å². The highest BCUT2D eigenvalue weighted by atomic mass is 16.5. The molecule has 0 bridgehead atoms. The van der Waals surface area contributed by atoms with Crippen LogP contribution in [0.1, 0.15) is 20.3 Å². The van der Waals surface area contributed by atoms with Crippen molar-refractivity contribution in [3.63, 3.8) is 0 Å². The Bertz CT molecular complexity index is 119. The Balaban J connectivity index is 4.30. The van der Waals surface area contributed by atoms with Gasteiger partial charge >= 0.3 is 0 Å². The normalized spacial score (nSPS) is 18.9. The van der Waals surface area contributed by atoms with E-state index in [9.17, 15) is 0 Å². The van der Waals surface area contributed by atoms with Gasteiger partial charge < -0.3 is 10.1 Å². The summed E-state index contributed by atoms with van der Waals surface area (Å²) >= 11 is 0. The summed E-state index contributed by atoms with van der Waals surface area (Å²) in [6, 6.07) is 0.220. The van der Waals surface area contributed by atoms with Crippen LogP contribution in [0.4, 0.5) is 0 Å². The number of hydrogen-bond acceptors (Lipinski definition) is 2. The fraction of sp³-hybridized carbons (Fsp3) is 0.778. The molecule has 0 aromatic rings. The highest BCUT2D eigenvalue weighted by Crippen LogP contribution is 2.19. The van der Waals surface area contributed by atoms with Gasteiger partial charge in [-0.05, 0) is 20.4 Å². The van der Waals surface area contributed by atoms with Gasteiger partial charge in [0, 0.05) is 7.11 Å². The standard InChI is InChI=1S/C9H19NO/c1-6-8(10-4)9(3,7-2)11-5/h6,8,10H,1,7H2,2-5H3. The molecule has 2 nitrogen and oxygen atoms in total. The van der Waals surface area contributed by atoms with Gasteiger partial charge in [-0.2, -0.15) is 0 Å². The lowest BCUT2D eigenvalue weighted by atomic mass is 9.93. The quantitative estimate of drug-likeness (QED) is 0.612. The van der Waals surface area contributed by atoms with E-state index in [-0.39, 0.29) is 11.6 Å². The van der Waals surface area contributed by atoms with Crippen LogP contribution in [0.2, 0.25) is 0 Å². The topological polar surface area (TPSA) is 21.3 Å². The van der Waals surface area contributed by atoms with E-state index in [1.165, 1.54) is 0 Å². The summed E-state index contributed by atoms with van der Waals surface area (Å²) in [4.78, 5) is 0. The molecule has 0 aliphatic heterocycles. The smallest absolute Gasteiger partial charge is 0.0835 e. The summed E-state index contributed by atoms with van der Waals surface area (Å²) < 4.78 is 5.40. The zero-order chi connectivity index (χ0) is 8.91. The summed E-state index contributed by atoms with van der Waals surface area (Å²) in [5.41, 5.74) is -0.128. The first-order chi connectivity index (χ1) is 5.14. The van der Waals surface area contributed by atoms with Crippen molar-refractivity contribution < 1.29 is 4.74 Å². The summed E-state index contributed by atoms with van der Waals surface area (Å²) in [7, 11) is 3.65. The second kappa shape index (κ2) is 4.52. The summed E-state index contributed by atoms with van der Waals surface area (Å²) in [5.74, 6) is 0. The van der Waals surface area contributed by atoms with E-state index in [4.69, 9.17) is 4.74 Å². The Morgan fingerprint density at radius 3 is 2.36 bits per heavy atom. The van der Waals surface area contributed by atoms with E-state index < -0.39 is 0 Å². The van der Waals surface area contributed by atoms with Gasteiger partial charge in [-0.15, -0.1) is 6.58 Å². The molecule has 0 fully saturated rings. The highest BCUT2D eigenvalue weighted by molar-refractivity contribution is 4.98. The molecular weight excluding hydrogens is 138 g/mol. The molecule has 2 unspecified atom stereocenters. The van der Waals surface area contributed by atoms with Gasteiger partial charge in [0.05, 0.1) is 11.6 Å². The van der Waals surface area contributed by atoms with Crippen LogP contribution in [0.15, 0.2) is 12.7 Å². The third kappa shape index (κ3) is 2.31. The van der Waals surface area contributed by atoms with Gasteiger partial charge in [-0.3, -0.25) is 0 Å². The van der Waals surface area contributed by atoms with Crippen LogP contribution in [0, 0.1) is 0 Å². The largest absolute Gasteiger partial charge is 0.377 e. The van der Waals surface area contributed by atoms with Crippen LogP contribution in [-0.4, -0.2) is 25.8 Å². The third-order valence-electron chi connectivity index (χ3n) is 2.37. The molecule has 0 heterocycles. The van der Waals surface area contributed by atoms with E-state index >= 15 is 0 Å². The van der Waals surface area contributed by atoms with Gasteiger partial charge in [0.2, 0.25) is 0 Å². The minimum atomic E-state index is -0.128. The second-order valence-corrected chi connectivity index (χ2v) is 2.87. The maximum atomic E-state index is 5.40. The minimum absolute atomic E-state index is 0.128.